The van der Waals surface area contributed by atoms with Crippen LogP contribution in [0.3, 0.4) is 0 Å². The zero-order chi connectivity index (χ0) is 10.8. The molecule has 15 heavy (non-hydrogen) atoms. The zero-order valence-electron chi connectivity index (χ0n) is 8.42. The first-order valence-corrected chi connectivity index (χ1v) is 5.30. The number of rotatable bonds is 1. The second-order valence-corrected chi connectivity index (χ2v) is 4.17. The highest BCUT2D eigenvalue weighted by molar-refractivity contribution is 5.23. The molecule has 1 aromatic carbocycles. The maximum atomic E-state index is 13.4. The molecule has 1 nitrogen and oxygen atoms in total. The Bertz CT molecular complexity index is 343. The van der Waals surface area contributed by atoms with Crippen molar-refractivity contribution in [3.8, 4) is 0 Å². The fourth-order valence-corrected chi connectivity index (χ4v) is 2.21. The summed E-state index contributed by atoms with van der Waals surface area (Å²) in [6.07, 6.45) is 2.57. The van der Waals surface area contributed by atoms with Crippen molar-refractivity contribution in [3.05, 3.63) is 35.4 Å². The quantitative estimate of drug-likeness (QED) is 0.758. The summed E-state index contributed by atoms with van der Waals surface area (Å²) >= 11 is 0. The molecule has 0 atom stereocenters. The van der Waals surface area contributed by atoms with Crippen molar-refractivity contribution in [3.63, 3.8) is 0 Å². The van der Waals surface area contributed by atoms with Crippen LogP contribution in [0.5, 0.6) is 0 Å². The van der Waals surface area contributed by atoms with Gasteiger partial charge < -0.3 is 5.11 Å². The van der Waals surface area contributed by atoms with E-state index in [2.05, 4.69) is 0 Å². The first kappa shape index (κ1) is 10.6. The van der Waals surface area contributed by atoms with Crippen molar-refractivity contribution < 1.29 is 13.9 Å². The lowest BCUT2D eigenvalue weighted by Gasteiger charge is -2.25. The smallest absolute Gasteiger partial charge is 0.126 e. The van der Waals surface area contributed by atoms with Gasteiger partial charge in [0.1, 0.15) is 11.6 Å². The monoisotopic (exact) mass is 212 g/mol. The predicted molar refractivity (Wildman–Crippen MR) is 53.6 cm³/mol. The molecule has 1 saturated carbocycles. The van der Waals surface area contributed by atoms with Gasteiger partial charge in [0.15, 0.2) is 0 Å². The van der Waals surface area contributed by atoms with E-state index in [-0.39, 0.29) is 17.8 Å². The van der Waals surface area contributed by atoms with E-state index in [0.29, 0.717) is 18.4 Å². The van der Waals surface area contributed by atoms with Crippen molar-refractivity contribution in [1.82, 2.24) is 0 Å². The van der Waals surface area contributed by atoms with Crippen LogP contribution in [0.4, 0.5) is 8.78 Å². The molecule has 1 aliphatic carbocycles. The number of aliphatic hydroxyl groups excluding tert-OH is 1. The molecule has 0 spiro atoms. The maximum absolute atomic E-state index is 13.4. The Morgan fingerprint density at radius 3 is 2.40 bits per heavy atom. The molecular weight excluding hydrogens is 198 g/mol. The van der Waals surface area contributed by atoms with Crippen LogP contribution < -0.4 is 0 Å². The van der Waals surface area contributed by atoms with Crippen LogP contribution in [-0.4, -0.2) is 11.2 Å². The van der Waals surface area contributed by atoms with E-state index in [9.17, 15) is 13.9 Å². The van der Waals surface area contributed by atoms with Gasteiger partial charge in [-0.2, -0.15) is 0 Å². The van der Waals surface area contributed by atoms with Crippen LogP contribution in [0.2, 0.25) is 0 Å². The highest BCUT2D eigenvalue weighted by Gasteiger charge is 2.23. The second-order valence-electron chi connectivity index (χ2n) is 4.17. The standard InChI is InChI=1S/C12H14F2O/c13-9-3-6-12(14)11(7-9)8-1-4-10(15)5-2-8/h3,6-8,10,15H,1-2,4-5H2. The second kappa shape index (κ2) is 4.27. The largest absolute Gasteiger partial charge is 0.393 e. The van der Waals surface area contributed by atoms with Gasteiger partial charge >= 0.3 is 0 Å². The van der Waals surface area contributed by atoms with Crippen LogP contribution in [0.1, 0.15) is 37.2 Å². The average molecular weight is 212 g/mol. The molecular formula is C12H14F2O. The molecule has 1 aliphatic rings. The van der Waals surface area contributed by atoms with Gasteiger partial charge in [-0.05, 0) is 55.4 Å². The molecule has 0 unspecified atom stereocenters. The Kier molecular flexibility index (Phi) is 3.00. The minimum Gasteiger partial charge on any atom is -0.393 e. The Morgan fingerprint density at radius 2 is 1.73 bits per heavy atom. The highest BCUT2D eigenvalue weighted by atomic mass is 19.1. The molecule has 0 saturated heterocycles. The number of benzene rings is 1. The van der Waals surface area contributed by atoms with Gasteiger partial charge in [0.25, 0.3) is 0 Å². The van der Waals surface area contributed by atoms with Gasteiger partial charge in [-0.3, -0.25) is 0 Å². The number of hydrogen-bond donors (Lipinski definition) is 1. The molecule has 2 rings (SSSR count). The van der Waals surface area contributed by atoms with Crippen LogP contribution in [0.25, 0.3) is 0 Å². The van der Waals surface area contributed by atoms with E-state index < -0.39 is 5.82 Å². The van der Waals surface area contributed by atoms with E-state index in [1.165, 1.54) is 12.1 Å². The SMILES string of the molecule is OC1CCC(c2cc(F)ccc2F)CC1. The van der Waals surface area contributed by atoms with Gasteiger partial charge in [0, 0.05) is 0 Å². The minimum absolute atomic E-state index is 0.0594. The molecule has 0 aliphatic heterocycles. The van der Waals surface area contributed by atoms with E-state index in [1.807, 2.05) is 0 Å². The summed E-state index contributed by atoms with van der Waals surface area (Å²) in [5, 5.41) is 9.33. The van der Waals surface area contributed by atoms with Crippen molar-refractivity contribution in [2.75, 3.05) is 0 Å². The maximum Gasteiger partial charge on any atom is 0.126 e. The summed E-state index contributed by atoms with van der Waals surface area (Å²) in [5.41, 5.74) is 0.460. The first-order valence-electron chi connectivity index (χ1n) is 5.30. The van der Waals surface area contributed by atoms with Crippen molar-refractivity contribution in [2.45, 2.75) is 37.7 Å². The molecule has 0 bridgehead atoms. The van der Waals surface area contributed by atoms with Crippen LogP contribution >= 0.6 is 0 Å². The zero-order valence-corrected chi connectivity index (χ0v) is 8.42. The predicted octanol–water partition coefficient (Wildman–Crippen LogP) is 2.98. The molecule has 1 fully saturated rings. The number of halogens is 2. The molecule has 0 radical (unpaired) electrons. The van der Waals surface area contributed by atoms with Gasteiger partial charge in [0.05, 0.1) is 6.10 Å². The van der Waals surface area contributed by atoms with Gasteiger partial charge in [-0.15, -0.1) is 0 Å². The normalized spacial score (nSPS) is 26.6. The number of hydrogen-bond acceptors (Lipinski definition) is 1. The van der Waals surface area contributed by atoms with Gasteiger partial charge in [-0.1, -0.05) is 0 Å². The fourth-order valence-electron chi connectivity index (χ4n) is 2.21. The summed E-state index contributed by atoms with van der Waals surface area (Å²) in [6, 6.07) is 3.59. The molecule has 3 heteroatoms. The third kappa shape index (κ3) is 2.34. The minimum atomic E-state index is -0.391. The molecule has 0 aromatic heterocycles. The van der Waals surface area contributed by atoms with Crippen LogP contribution in [-0.2, 0) is 0 Å². The summed E-state index contributed by atoms with van der Waals surface area (Å²) in [4.78, 5) is 0. The van der Waals surface area contributed by atoms with Crippen molar-refractivity contribution >= 4 is 0 Å². The topological polar surface area (TPSA) is 20.2 Å². The molecule has 1 aromatic rings. The van der Waals surface area contributed by atoms with E-state index in [0.717, 1.165) is 18.9 Å². The summed E-state index contributed by atoms with van der Waals surface area (Å²) in [6.45, 7) is 0. The summed E-state index contributed by atoms with van der Waals surface area (Å²) in [5.74, 6) is -0.667. The molecule has 0 amide bonds. The van der Waals surface area contributed by atoms with Crippen molar-refractivity contribution in [2.24, 2.45) is 0 Å². The van der Waals surface area contributed by atoms with E-state index >= 15 is 0 Å². The van der Waals surface area contributed by atoms with Crippen molar-refractivity contribution in [1.29, 1.82) is 0 Å². The third-order valence-electron chi connectivity index (χ3n) is 3.09. The lowest BCUT2D eigenvalue weighted by molar-refractivity contribution is 0.122. The first-order chi connectivity index (χ1) is 7.16. The van der Waals surface area contributed by atoms with Gasteiger partial charge in [0.2, 0.25) is 0 Å². The van der Waals surface area contributed by atoms with Crippen LogP contribution in [0.15, 0.2) is 18.2 Å². The average Bonchev–Trinajstić information content (AvgIpc) is 2.23. The third-order valence-corrected chi connectivity index (χ3v) is 3.09. The fraction of sp³-hybridized carbons (Fsp3) is 0.500. The Balaban J connectivity index is 2.18. The number of aliphatic hydroxyl groups is 1. The Labute approximate surface area is 87.7 Å². The summed E-state index contributed by atoms with van der Waals surface area (Å²) < 4.78 is 26.4. The summed E-state index contributed by atoms with van der Waals surface area (Å²) in [7, 11) is 0. The lowest BCUT2D eigenvalue weighted by atomic mass is 9.82. The van der Waals surface area contributed by atoms with E-state index in [4.69, 9.17) is 0 Å². The highest BCUT2D eigenvalue weighted by Crippen LogP contribution is 2.34. The lowest BCUT2D eigenvalue weighted by Crippen LogP contribution is -2.17. The molecule has 0 heterocycles. The van der Waals surface area contributed by atoms with Crippen LogP contribution in [0, 0.1) is 11.6 Å². The Morgan fingerprint density at radius 1 is 1.07 bits per heavy atom. The van der Waals surface area contributed by atoms with E-state index in [1.54, 1.807) is 0 Å². The Hall–Kier alpha value is -0.960. The molecule has 82 valence electrons. The van der Waals surface area contributed by atoms with Gasteiger partial charge in [-0.25, -0.2) is 8.78 Å². The molecule has 1 N–H and O–H groups in total.